The predicted octanol–water partition coefficient (Wildman–Crippen LogP) is 2.36. The van der Waals surface area contributed by atoms with Gasteiger partial charge in [0, 0.05) is 24.3 Å². The van der Waals surface area contributed by atoms with Crippen molar-refractivity contribution >= 4 is 5.82 Å². The van der Waals surface area contributed by atoms with Gasteiger partial charge in [-0.25, -0.2) is 9.97 Å². The van der Waals surface area contributed by atoms with Crippen LogP contribution in [0.5, 0.6) is 0 Å². The van der Waals surface area contributed by atoms with Crippen molar-refractivity contribution in [3.05, 3.63) is 18.1 Å². The van der Waals surface area contributed by atoms with Gasteiger partial charge in [0.25, 0.3) is 0 Å². The van der Waals surface area contributed by atoms with Gasteiger partial charge in [0.15, 0.2) is 0 Å². The van der Waals surface area contributed by atoms with E-state index in [1.54, 1.807) is 6.33 Å². The number of aryl methyl sites for hydroxylation is 1. The summed E-state index contributed by atoms with van der Waals surface area (Å²) in [5.41, 5.74) is 7.00. The third-order valence-electron chi connectivity index (χ3n) is 3.79. The van der Waals surface area contributed by atoms with Gasteiger partial charge in [0.1, 0.15) is 12.1 Å². The Hall–Kier alpha value is -1.16. The maximum absolute atomic E-state index is 5.89. The van der Waals surface area contributed by atoms with Crippen LogP contribution < -0.4 is 11.1 Å². The monoisotopic (exact) mass is 248 g/mol. The van der Waals surface area contributed by atoms with E-state index in [0.717, 1.165) is 24.4 Å². The summed E-state index contributed by atoms with van der Waals surface area (Å²) in [4.78, 5) is 8.58. The fourth-order valence-electron chi connectivity index (χ4n) is 2.79. The normalized spacial score (nSPS) is 17.9. The van der Waals surface area contributed by atoms with Crippen LogP contribution in [0.25, 0.3) is 0 Å². The highest BCUT2D eigenvalue weighted by atomic mass is 15.0. The first kappa shape index (κ1) is 13.3. The van der Waals surface area contributed by atoms with Crippen LogP contribution in [0.3, 0.4) is 0 Å². The molecular weight excluding hydrogens is 224 g/mol. The quantitative estimate of drug-likeness (QED) is 0.811. The maximum Gasteiger partial charge on any atom is 0.129 e. The van der Waals surface area contributed by atoms with E-state index in [9.17, 15) is 0 Å². The van der Waals surface area contributed by atoms with Gasteiger partial charge < -0.3 is 11.1 Å². The average Bonchev–Trinajstić information content (AvgIpc) is 2.90. The second-order valence-corrected chi connectivity index (χ2v) is 5.18. The number of rotatable bonds is 6. The van der Waals surface area contributed by atoms with E-state index in [1.165, 1.54) is 25.7 Å². The molecule has 0 aromatic carbocycles. The van der Waals surface area contributed by atoms with Crippen LogP contribution in [0, 0.1) is 5.92 Å². The van der Waals surface area contributed by atoms with Crippen molar-refractivity contribution in [1.82, 2.24) is 9.97 Å². The molecule has 1 aromatic heterocycles. The molecule has 1 heterocycles. The number of aromatic nitrogens is 2. The highest BCUT2D eigenvalue weighted by molar-refractivity contribution is 5.36. The summed E-state index contributed by atoms with van der Waals surface area (Å²) in [6, 6.07) is 2.41. The van der Waals surface area contributed by atoms with Crippen molar-refractivity contribution in [3.63, 3.8) is 0 Å². The third kappa shape index (κ3) is 3.42. The summed E-state index contributed by atoms with van der Waals surface area (Å²) in [6.45, 7) is 2.84. The number of nitrogens with two attached hydrogens (primary N) is 1. The molecule has 3 N–H and O–H groups in total. The molecule has 2 rings (SSSR count). The number of nitrogens with zero attached hydrogens (tertiary/aromatic N) is 2. The third-order valence-corrected chi connectivity index (χ3v) is 3.79. The lowest BCUT2D eigenvalue weighted by Gasteiger charge is -2.23. The molecule has 0 aliphatic heterocycles. The lowest BCUT2D eigenvalue weighted by molar-refractivity contribution is 0.461. The van der Waals surface area contributed by atoms with Crippen molar-refractivity contribution in [2.75, 3.05) is 11.9 Å². The largest absolute Gasteiger partial charge is 0.366 e. The summed E-state index contributed by atoms with van der Waals surface area (Å²) in [5, 5.41) is 3.49. The van der Waals surface area contributed by atoms with Crippen molar-refractivity contribution in [1.29, 1.82) is 0 Å². The van der Waals surface area contributed by atoms with Crippen LogP contribution >= 0.6 is 0 Å². The van der Waals surface area contributed by atoms with E-state index < -0.39 is 0 Å². The molecule has 4 nitrogen and oxygen atoms in total. The van der Waals surface area contributed by atoms with Crippen LogP contribution in [-0.2, 0) is 6.42 Å². The standard InChI is InChI=1S/C14H24N4/c1-2-5-12-8-14(17-10-16-12)18-13(9-15)11-6-3-4-7-11/h8,10-11,13H,2-7,9,15H2,1H3,(H,16,17,18). The first-order valence-corrected chi connectivity index (χ1v) is 7.11. The van der Waals surface area contributed by atoms with Crippen LogP contribution in [0.4, 0.5) is 5.82 Å². The van der Waals surface area contributed by atoms with E-state index in [-0.39, 0.29) is 0 Å². The molecule has 0 saturated heterocycles. The summed E-state index contributed by atoms with van der Waals surface area (Å²) in [7, 11) is 0. The molecule has 0 bridgehead atoms. The first-order valence-electron chi connectivity index (χ1n) is 7.11. The number of nitrogens with one attached hydrogen (secondary N) is 1. The Labute approximate surface area is 109 Å². The van der Waals surface area contributed by atoms with Crippen LogP contribution in [0.2, 0.25) is 0 Å². The Morgan fingerprint density at radius 3 is 2.83 bits per heavy atom. The average molecular weight is 248 g/mol. The number of hydrogen-bond donors (Lipinski definition) is 2. The van der Waals surface area contributed by atoms with Gasteiger partial charge in [0.05, 0.1) is 0 Å². The van der Waals surface area contributed by atoms with Gasteiger partial charge in [-0.05, 0) is 25.2 Å². The zero-order valence-electron chi connectivity index (χ0n) is 11.2. The SMILES string of the molecule is CCCc1cc(NC(CN)C2CCCC2)ncn1. The molecule has 4 heteroatoms. The Morgan fingerprint density at radius 2 is 2.17 bits per heavy atom. The van der Waals surface area contributed by atoms with Crippen molar-refractivity contribution < 1.29 is 0 Å². The molecule has 0 amide bonds. The van der Waals surface area contributed by atoms with E-state index in [1.807, 2.05) is 0 Å². The van der Waals surface area contributed by atoms with Crippen molar-refractivity contribution in [2.45, 2.75) is 51.5 Å². The van der Waals surface area contributed by atoms with Gasteiger partial charge >= 0.3 is 0 Å². The predicted molar refractivity (Wildman–Crippen MR) is 74.5 cm³/mol. The molecule has 18 heavy (non-hydrogen) atoms. The Balaban J connectivity index is 1.99. The maximum atomic E-state index is 5.89. The Morgan fingerprint density at radius 1 is 1.39 bits per heavy atom. The van der Waals surface area contributed by atoms with Gasteiger partial charge in [-0.15, -0.1) is 0 Å². The summed E-state index contributed by atoms with van der Waals surface area (Å²) in [6.07, 6.45) is 9.04. The Kier molecular flexibility index (Phi) is 4.93. The smallest absolute Gasteiger partial charge is 0.129 e. The minimum Gasteiger partial charge on any atom is -0.366 e. The second-order valence-electron chi connectivity index (χ2n) is 5.18. The minimum atomic E-state index is 0.358. The second kappa shape index (κ2) is 6.69. The van der Waals surface area contributed by atoms with E-state index in [2.05, 4.69) is 28.3 Å². The lowest BCUT2D eigenvalue weighted by atomic mass is 9.98. The van der Waals surface area contributed by atoms with E-state index in [0.29, 0.717) is 18.5 Å². The molecule has 0 radical (unpaired) electrons. The van der Waals surface area contributed by atoms with Gasteiger partial charge in [-0.2, -0.15) is 0 Å². The van der Waals surface area contributed by atoms with Gasteiger partial charge in [-0.3, -0.25) is 0 Å². The van der Waals surface area contributed by atoms with Crippen LogP contribution in [0.1, 0.15) is 44.7 Å². The lowest BCUT2D eigenvalue weighted by Crippen LogP contribution is -2.35. The molecule has 1 aliphatic rings. The zero-order valence-corrected chi connectivity index (χ0v) is 11.2. The number of anilines is 1. The highest BCUT2D eigenvalue weighted by Gasteiger charge is 2.24. The summed E-state index contributed by atoms with van der Waals surface area (Å²) in [5.74, 6) is 1.63. The molecule has 100 valence electrons. The summed E-state index contributed by atoms with van der Waals surface area (Å²) < 4.78 is 0. The minimum absolute atomic E-state index is 0.358. The molecule has 1 aromatic rings. The molecule has 1 saturated carbocycles. The van der Waals surface area contributed by atoms with Crippen molar-refractivity contribution in [3.8, 4) is 0 Å². The van der Waals surface area contributed by atoms with Gasteiger partial charge in [0.2, 0.25) is 0 Å². The fourth-order valence-corrected chi connectivity index (χ4v) is 2.79. The molecule has 0 spiro atoms. The van der Waals surface area contributed by atoms with Crippen LogP contribution in [-0.4, -0.2) is 22.6 Å². The molecular formula is C14H24N4. The van der Waals surface area contributed by atoms with E-state index >= 15 is 0 Å². The Bertz CT molecular complexity index is 361. The van der Waals surface area contributed by atoms with Crippen molar-refractivity contribution in [2.24, 2.45) is 11.7 Å². The zero-order chi connectivity index (χ0) is 12.8. The van der Waals surface area contributed by atoms with E-state index in [4.69, 9.17) is 5.73 Å². The number of hydrogen-bond acceptors (Lipinski definition) is 4. The molecule has 1 fully saturated rings. The first-order chi connectivity index (χ1) is 8.83. The highest BCUT2D eigenvalue weighted by Crippen LogP contribution is 2.28. The fraction of sp³-hybridized carbons (Fsp3) is 0.714. The molecule has 1 unspecified atom stereocenters. The molecule has 1 atom stereocenters. The van der Waals surface area contributed by atoms with Crippen LogP contribution in [0.15, 0.2) is 12.4 Å². The van der Waals surface area contributed by atoms with Gasteiger partial charge in [-0.1, -0.05) is 26.2 Å². The molecule has 1 aliphatic carbocycles. The topological polar surface area (TPSA) is 63.8 Å². The summed E-state index contributed by atoms with van der Waals surface area (Å²) >= 11 is 0.